The van der Waals surface area contributed by atoms with E-state index in [-0.39, 0.29) is 23.5 Å². The highest BCUT2D eigenvalue weighted by Crippen LogP contribution is 2.31. The number of sulfonamides is 1. The molecule has 0 unspecified atom stereocenters. The van der Waals surface area contributed by atoms with E-state index in [9.17, 15) is 18.0 Å². The molecule has 1 saturated heterocycles. The highest BCUT2D eigenvalue weighted by Gasteiger charge is 2.44. The second-order valence-electron chi connectivity index (χ2n) is 9.02. The van der Waals surface area contributed by atoms with E-state index in [1.54, 1.807) is 0 Å². The van der Waals surface area contributed by atoms with Gasteiger partial charge in [-0.05, 0) is 45.1 Å². The molecule has 2 aliphatic rings. The molecule has 1 aromatic rings. The topological polar surface area (TPSA) is 86.8 Å². The van der Waals surface area contributed by atoms with E-state index >= 15 is 0 Å². The fourth-order valence-electron chi connectivity index (χ4n) is 4.97. The van der Waals surface area contributed by atoms with Crippen molar-refractivity contribution in [3.63, 3.8) is 0 Å². The van der Waals surface area contributed by atoms with Gasteiger partial charge in [-0.25, -0.2) is 12.7 Å². The molecule has 0 bridgehead atoms. The Morgan fingerprint density at radius 3 is 2.19 bits per heavy atom. The van der Waals surface area contributed by atoms with Crippen LogP contribution in [0.15, 0.2) is 30.3 Å². The number of carbonyl (C=O) groups is 2. The Morgan fingerprint density at radius 2 is 1.62 bits per heavy atom. The number of hydrogen-bond acceptors (Lipinski definition) is 4. The van der Waals surface area contributed by atoms with Gasteiger partial charge in [0.05, 0.1) is 5.75 Å². The summed E-state index contributed by atoms with van der Waals surface area (Å²) in [4.78, 5) is 28.3. The minimum absolute atomic E-state index is 0.0216. The quantitative estimate of drug-likeness (QED) is 0.642. The largest absolute Gasteiger partial charge is 0.341 e. The number of carbonyl (C=O) groups excluding carboxylic acids is 2. The van der Waals surface area contributed by atoms with E-state index in [0.717, 1.165) is 24.8 Å². The van der Waals surface area contributed by atoms with Gasteiger partial charge in [-0.3, -0.25) is 9.59 Å². The van der Waals surface area contributed by atoms with E-state index in [1.807, 2.05) is 49.1 Å². The SMILES string of the molecule is CCN(CC)C(=O)C1(NC(=O)C2CCN(S(=O)(=O)Cc3ccccc3)CC2)CCCCC1. The molecule has 0 aromatic heterocycles. The standard InChI is InChI=1S/C24H37N3O4S/c1-3-26(4-2)23(29)24(15-9-6-10-16-24)25-22(28)21-13-17-27(18-14-21)32(30,31)19-20-11-7-5-8-12-20/h5,7-8,11-12,21H,3-4,6,9-10,13-19H2,1-2H3,(H,25,28). The van der Waals surface area contributed by atoms with Gasteiger partial charge >= 0.3 is 0 Å². The van der Waals surface area contributed by atoms with Crippen molar-refractivity contribution in [1.82, 2.24) is 14.5 Å². The number of rotatable bonds is 8. The Morgan fingerprint density at radius 1 is 1.03 bits per heavy atom. The van der Waals surface area contributed by atoms with Crippen LogP contribution in [0.5, 0.6) is 0 Å². The molecule has 2 fully saturated rings. The van der Waals surface area contributed by atoms with E-state index in [2.05, 4.69) is 5.32 Å². The van der Waals surface area contributed by atoms with Crippen molar-refractivity contribution < 1.29 is 18.0 Å². The van der Waals surface area contributed by atoms with Gasteiger partial charge in [0.2, 0.25) is 21.8 Å². The summed E-state index contributed by atoms with van der Waals surface area (Å²) in [5, 5.41) is 3.15. The summed E-state index contributed by atoms with van der Waals surface area (Å²) in [5.74, 6) is -0.362. The Kier molecular flexibility index (Phi) is 8.33. The maximum atomic E-state index is 13.3. The summed E-state index contributed by atoms with van der Waals surface area (Å²) in [7, 11) is -3.42. The molecule has 1 saturated carbocycles. The van der Waals surface area contributed by atoms with Crippen molar-refractivity contribution >= 4 is 21.8 Å². The molecule has 178 valence electrons. The molecule has 8 heteroatoms. The average molecular weight is 464 g/mol. The van der Waals surface area contributed by atoms with Crippen LogP contribution in [0.3, 0.4) is 0 Å². The van der Waals surface area contributed by atoms with Crippen LogP contribution in [0.25, 0.3) is 0 Å². The van der Waals surface area contributed by atoms with E-state index in [0.29, 0.717) is 51.9 Å². The van der Waals surface area contributed by atoms with Crippen molar-refractivity contribution in [1.29, 1.82) is 0 Å². The van der Waals surface area contributed by atoms with Crippen LogP contribution in [-0.2, 0) is 25.4 Å². The van der Waals surface area contributed by atoms with Crippen LogP contribution >= 0.6 is 0 Å². The number of amides is 2. The molecule has 32 heavy (non-hydrogen) atoms. The Balaban J connectivity index is 1.62. The monoisotopic (exact) mass is 463 g/mol. The second kappa shape index (κ2) is 10.8. The molecule has 0 spiro atoms. The number of likely N-dealkylation sites (N-methyl/N-ethyl adjacent to an activating group) is 1. The van der Waals surface area contributed by atoms with Gasteiger partial charge in [0.25, 0.3) is 0 Å². The van der Waals surface area contributed by atoms with Crippen molar-refractivity contribution in [3.8, 4) is 0 Å². The van der Waals surface area contributed by atoms with Crippen LogP contribution in [-0.4, -0.2) is 61.2 Å². The summed E-state index contributed by atoms with van der Waals surface area (Å²) in [6.07, 6.45) is 5.27. The molecule has 2 amide bonds. The van der Waals surface area contributed by atoms with Crippen molar-refractivity contribution in [2.24, 2.45) is 5.92 Å². The summed E-state index contributed by atoms with van der Waals surface area (Å²) < 4.78 is 27.1. The molecule has 7 nitrogen and oxygen atoms in total. The van der Waals surface area contributed by atoms with Crippen LogP contribution in [0.2, 0.25) is 0 Å². The number of hydrogen-bond donors (Lipinski definition) is 1. The van der Waals surface area contributed by atoms with Gasteiger partial charge in [-0.15, -0.1) is 0 Å². The van der Waals surface area contributed by atoms with Gasteiger partial charge in [-0.1, -0.05) is 49.6 Å². The number of benzene rings is 1. The zero-order valence-corrected chi connectivity index (χ0v) is 20.2. The molecule has 1 aliphatic heterocycles. The van der Waals surface area contributed by atoms with Crippen molar-refractivity contribution in [2.45, 2.75) is 70.1 Å². The molecule has 1 heterocycles. The minimum atomic E-state index is -3.42. The summed E-state index contributed by atoms with van der Waals surface area (Å²) in [6, 6.07) is 9.16. The number of piperidine rings is 1. The zero-order valence-electron chi connectivity index (χ0n) is 19.4. The molecule has 1 aromatic carbocycles. The Bertz CT molecular complexity index is 870. The third kappa shape index (κ3) is 5.70. The molecule has 3 rings (SSSR count). The van der Waals surface area contributed by atoms with Crippen LogP contribution in [0, 0.1) is 5.92 Å². The van der Waals surface area contributed by atoms with Crippen LogP contribution in [0.1, 0.15) is 64.4 Å². The maximum absolute atomic E-state index is 13.3. The fourth-order valence-corrected chi connectivity index (χ4v) is 6.53. The van der Waals surface area contributed by atoms with Gasteiger partial charge in [-0.2, -0.15) is 0 Å². The summed E-state index contributed by atoms with van der Waals surface area (Å²) in [6.45, 7) is 5.86. The van der Waals surface area contributed by atoms with Gasteiger partial charge in [0, 0.05) is 32.1 Å². The molecule has 1 aliphatic carbocycles. The normalized spacial score (nSPS) is 19.9. The lowest BCUT2D eigenvalue weighted by Gasteiger charge is -2.41. The van der Waals surface area contributed by atoms with E-state index in [4.69, 9.17) is 0 Å². The lowest BCUT2D eigenvalue weighted by molar-refractivity contribution is -0.144. The van der Waals surface area contributed by atoms with Crippen molar-refractivity contribution in [2.75, 3.05) is 26.2 Å². The van der Waals surface area contributed by atoms with Crippen LogP contribution in [0.4, 0.5) is 0 Å². The fraction of sp³-hybridized carbons (Fsp3) is 0.667. The third-order valence-electron chi connectivity index (χ3n) is 6.94. The predicted molar refractivity (Wildman–Crippen MR) is 125 cm³/mol. The molecule has 1 N–H and O–H groups in total. The van der Waals surface area contributed by atoms with Gasteiger partial charge < -0.3 is 10.2 Å². The molecule has 0 radical (unpaired) electrons. The first-order valence-corrected chi connectivity index (χ1v) is 13.6. The first-order chi connectivity index (χ1) is 15.3. The lowest BCUT2D eigenvalue weighted by Crippen LogP contribution is -2.61. The van der Waals surface area contributed by atoms with Gasteiger partial charge in [0.15, 0.2) is 0 Å². The predicted octanol–water partition coefficient (Wildman–Crippen LogP) is 2.92. The maximum Gasteiger partial charge on any atom is 0.248 e. The number of nitrogens with one attached hydrogen (secondary N) is 1. The molecule has 0 atom stereocenters. The highest BCUT2D eigenvalue weighted by molar-refractivity contribution is 7.88. The Hall–Kier alpha value is -1.93. The highest BCUT2D eigenvalue weighted by atomic mass is 32.2. The lowest BCUT2D eigenvalue weighted by atomic mass is 9.79. The first kappa shape index (κ1) is 24.7. The smallest absolute Gasteiger partial charge is 0.248 e. The second-order valence-corrected chi connectivity index (χ2v) is 11.0. The van der Waals surface area contributed by atoms with E-state index in [1.165, 1.54) is 4.31 Å². The first-order valence-electron chi connectivity index (χ1n) is 11.9. The molecular weight excluding hydrogens is 426 g/mol. The number of nitrogens with zero attached hydrogens (tertiary/aromatic N) is 2. The van der Waals surface area contributed by atoms with Crippen molar-refractivity contribution in [3.05, 3.63) is 35.9 Å². The Labute approximate surface area is 192 Å². The zero-order chi connectivity index (χ0) is 23.2. The summed E-state index contributed by atoms with van der Waals surface area (Å²) >= 11 is 0. The summed E-state index contributed by atoms with van der Waals surface area (Å²) in [5.41, 5.74) is -0.0424. The third-order valence-corrected chi connectivity index (χ3v) is 8.79. The van der Waals surface area contributed by atoms with E-state index < -0.39 is 15.6 Å². The van der Waals surface area contributed by atoms with Crippen LogP contribution < -0.4 is 5.32 Å². The average Bonchev–Trinajstić information content (AvgIpc) is 2.81. The molecular formula is C24H37N3O4S. The van der Waals surface area contributed by atoms with Gasteiger partial charge in [0.1, 0.15) is 5.54 Å². The minimum Gasteiger partial charge on any atom is -0.341 e.